The molecule has 1 aromatic heterocycles. The average molecular weight is 195 g/mol. The van der Waals surface area contributed by atoms with Crippen LogP contribution in [0.25, 0.3) is 0 Å². The normalized spacial score (nSPS) is 9.93. The highest BCUT2D eigenvalue weighted by molar-refractivity contribution is 5.87. The van der Waals surface area contributed by atoms with Gasteiger partial charge in [-0.1, -0.05) is 6.07 Å². The van der Waals surface area contributed by atoms with E-state index in [-0.39, 0.29) is 11.3 Å². The number of nitrogens with zero attached hydrogens (tertiary/aromatic N) is 1. The van der Waals surface area contributed by atoms with E-state index in [1.807, 2.05) is 0 Å². The molecular formula is C10H13NO3. The lowest BCUT2D eigenvalue weighted by atomic mass is 10.2. The van der Waals surface area contributed by atoms with Gasteiger partial charge < -0.3 is 9.30 Å². The highest BCUT2D eigenvalue weighted by Crippen LogP contribution is 1.99. The Labute approximate surface area is 82.1 Å². The molecule has 1 rings (SSSR count). The predicted molar refractivity (Wildman–Crippen MR) is 52.4 cm³/mol. The number of ether oxygens (including phenoxy) is 1. The molecule has 0 N–H and O–H groups in total. The first-order chi connectivity index (χ1) is 6.57. The summed E-state index contributed by atoms with van der Waals surface area (Å²) in [4.78, 5) is 22.8. The van der Waals surface area contributed by atoms with Gasteiger partial charge in [0.1, 0.15) is 5.69 Å². The Hall–Kier alpha value is -1.58. The van der Waals surface area contributed by atoms with Crippen molar-refractivity contribution in [2.24, 2.45) is 7.05 Å². The molecule has 0 atom stereocenters. The van der Waals surface area contributed by atoms with Gasteiger partial charge in [0.2, 0.25) is 0 Å². The van der Waals surface area contributed by atoms with E-state index in [2.05, 4.69) is 0 Å². The van der Waals surface area contributed by atoms with E-state index in [1.54, 1.807) is 33.0 Å². The number of aryl methyl sites for hydroxylation is 1. The van der Waals surface area contributed by atoms with Gasteiger partial charge in [-0.3, -0.25) is 4.79 Å². The third kappa shape index (κ3) is 1.84. The Kier molecular flexibility index (Phi) is 3.06. The number of hydrogen-bond donors (Lipinski definition) is 0. The highest BCUT2D eigenvalue weighted by Gasteiger charge is 2.11. The maximum atomic E-state index is 11.5. The van der Waals surface area contributed by atoms with Gasteiger partial charge in [0.25, 0.3) is 5.56 Å². The second-order valence-corrected chi connectivity index (χ2v) is 2.99. The van der Waals surface area contributed by atoms with Crippen molar-refractivity contribution in [1.29, 1.82) is 0 Å². The Morgan fingerprint density at radius 1 is 1.50 bits per heavy atom. The highest BCUT2D eigenvalue weighted by atomic mass is 16.5. The molecule has 0 amide bonds. The third-order valence-electron chi connectivity index (χ3n) is 1.98. The zero-order valence-corrected chi connectivity index (χ0v) is 8.53. The third-order valence-corrected chi connectivity index (χ3v) is 1.98. The van der Waals surface area contributed by atoms with E-state index < -0.39 is 5.97 Å². The average Bonchev–Trinajstić information content (AvgIpc) is 2.15. The molecule has 1 aromatic rings. The van der Waals surface area contributed by atoms with Gasteiger partial charge in [-0.25, -0.2) is 4.79 Å². The molecule has 0 aliphatic carbocycles. The molecule has 0 radical (unpaired) electrons. The summed E-state index contributed by atoms with van der Waals surface area (Å²) >= 11 is 0. The summed E-state index contributed by atoms with van der Waals surface area (Å²) in [5.41, 5.74) is 0.721. The number of aromatic nitrogens is 1. The number of carbonyl (C=O) groups is 1. The molecule has 14 heavy (non-hydrogen) atoms. The van der Waals surface area contributed by atoms with Crippen LogP contribution >= 0.6 is 0 Å². The van der Waals surface area contributed by atoms with Crippen molar-refractivity contribution in [2.75, 3.05) is 6.61 Å². The Morgan fingerprint density at radius 2 is 2.14 bits per heavy atom. The van der Waals surface area contributed by atoms with Crippen molar-refractivity contribution in [3.05, 3.63) is 33.7 Å². The standard InChI is InChI=1S/C10H13NO3/c1-4-14-10(13)8-6-5-7(2)9(12)11(8)3/h5-6H,4H2,1-3H3. The number of carbonyl (C=O) groups excluding carboxylic acids is 1. The number of pyridine rings is 1. The topological polar surface area (TPSA) is 48.3 Å². The summed E-state index contributed by atoms with van der Waals surface area (Å²) in [5, 5.41) is 0. The van der Waals surface area contributed by atoms with Crippen LogP contribution in [0.3, 0.4) is 0 Å². The Morgan fingerprint density at radius 3 is 2.71 bits per heavy atom. The SMILES string of the molecule is CCOC(=O)c1ccc(C)c(=O)n1C. The van der Waals surface area contributed by atoms with Crippen LogP contribution < -0.4 is 5.56 Å². The minimum atomic E-state index is -0.466. The minimum Gasteiger partial charge on any atom is -0.461 e. The molecule has 0 saturated carbocycles. The van der Waals surface area contributed by atoms with Crippen molar-refractivity contribution in [2.45, 2.75) is 13.8 Å². The lowest BCUT2D eigenvalue weighted by Gasteiger charge is -2.07. The Balaban J connectivity index is 3.18. The molecule has 0 aliphatic heterocycles. The van der Waals surface area contributed by atoms with E-state index in [1.165, 1.54) is 4.57 Å². The monoisotopic (exact) mass is 195 g/mol. The van der Waals surface area contributed by atoms with Crippen molar-refractivity contribution >= 4 is 5.97 Å². The van der Waals surface area contributed by atoms with Gasteiger partial charge in [-0.15, -0.1) is 0 Å². The molecule has 0 aliphatic rings. The fourth-order valence-corrected chi connectivity index (χ4v) is 1.17. The largest absolute Gasteiger partial charge is 0.461 e. The zero-order chi connectivity index (χ0) is 10.7. The summed E-state index contributed by atoms with van der Waals surface area (Å²) in [6.45, 7) is 3.74. The van der Waals surface area contributed by atoms with E-state index >= 15 is 0 Å². The quantitative estimate of drug-likeness (QED) is 0.658. The van der Waals surface area contributed by atoms with Crippen LogP contribution in [0.5, 0.6) is 0 Å². The smallest absolute Gasteiger partial charge is 0.355 e. The summed E-state index contributed by atoms with van der Waals surface area (Å²) < 4.78 is 6.10. The second-order valence-electron chi connectivity index (χ2n) is 2.99. The summed E-state index contributed by atoms with van der Waals surface area (Å²) in [5.74, 6) is -0.466. The minimum absolute atomic E-state index is 0.171. The molecule has 76 valence electrons. The van der Waals surface area contributed by atoms with Crippen LogP contribution in [0.1, 0.15) is 23.0 Å². The van der Waals surface area contributed by atoms with E-state index in [9.17, 15) is 9.59 Å². The molecule has 0 fully saturated rings. The molecule has 0 unspecified atom stereocenters. The van der Waals surface area contributed by atoms with Crippen molar-refractivity contribution in [1.82, 2.24) is 4.57 Å². The summed E-state index contributed by atoms with van der Waals surface area (Å²) in [6, 6.07) is 3.21. The molecule has 4 heteroatoms. The van der Waals surface area contributed by atoms with Crippen molar-refractivity contribution < 1.29 is 9.53 Å². The molecular weight excluding hydrogens is 182 g/mol. The van der Waals surface area contributed by atoms with Crippen LogP contribution in [-0.4, -0.2) is 17.1 Å². The molecule has 0 bridgehead atoms. The molecule has 0 saturated heterocycles. The maximum absolute atomic E-state index is 11.5. The molecule has 1 heterocycles. The first-order valence-electron chi connectivity index (χ1n) is 4.41. The molecule has 0 aromatic carbocycles. The van der Waals surface area contributed by atoms with Crippen LogP contribution in [0, 0.1) is 6.92 Å². The number of rotatable bonds is 2. The van der Waals surface area contributed by atoms with E-state index in [4.69, 9.17) is 4.74 Å². The van der Waals surface area contributed by atoms with E-state index in [0.29, 0.717) is 12.2 Å². The van der Waals surface area contributed by atoms with Gasteiger partial charge in [0.05, 0.1) is 6.61 Å². The second kappa shape index (κ2) is 4.09. The Bertz CT molecular complexity index is 406. The number of hydrogen-bond acceptors (Lipinski definition) is 3. The van der Waals surface area contributed by atoms with E-state index in [0.717, 1.165) is 0 Å². The van der Waals surface area contributed by atoms with Crippen LogP contribution in [0.2, 0.25) is 0 Å². The fraction of sp³-hybridized carbons (Fsp3) is 0.400. The van der Waals surface area contributed by atoms with Crippen LogP contribution in [-0.2, 0) is 11.8 Å². The summed E-state index contributed by atoms with van der Waals surface area (Å²) in [6.07, 6.45) is 0. The summed E-state index contributed by atoms with van der Waals surface area (Å²) in [7, 11) is 1.56. The van der Waals surface area contributed by atoms with Gasteiger partial charge >= 0.3 is 5.97 Å². The lowest BCUT2D eigenvalue weighted by molar-refractivity contribution is 0.0513. The first kappa shape index (κ1) is 10.5. The van der Waals surface area contributed by atoms with Gasteiger partial charge in [-0.05, 0) is 19.9 Å². The van der Waals surface area contributed by atoms with Crippen molar-refractivity contribution in [3.8, 4) is 0 Å². The number of esters is 1. The first-order valence-corrected chi connectivity index (χ1v) is 4.41. The lowest BCUT2D eigenvalue weighted by Crippen LogP contribution is -2.25. The zero-order valence-electron chi connectivity index (χ0n) is 8.53. The van der Waals surface area contributed by atoms with Crippen molar-refractivity contribution in [3.63, 3.8) is 0 Å². The van der Waals surface area contributed by atoms with Crippen LogP contribution in [0.4, 0.5) is 0 Å². The van der Waals surface area contributed by atoms with Gasteiger partial charge in [0, 0.05) is 12.6 Å². The predicted octanol–water partition coefficient (Wildman–Crippen LogP) is 0.870. The molecule has 0 spiro atoms. The maximum Gasteiger partial charge on any atom is 0.355 e. The fourth-order valence-electron chi connectivity index (χ4n) is 1.17. The molecule has 4 nitrogen and oxygen atoms in total. The van der Waals surface area contributed by atoms with Gasteiger partial charge in [-0.2, -0.15) is 0 Å². The van der Waals surface area contributed by atoms with Gasteiger partial charge in [0.15, 0.2) is 0 Å². The van der Waals surface area contributed by atoms with Crippen LogP contribution in [0.15, 0.2) is 16.9 Å².